The molecule has 3 N–H and O–H groups in total. The molecular weight excluding hydrogens is 382 g/mol. The number of aryl methyl sites for hydroxylation is 1. The number of fused-ring (bicyclic) bond motifs is 1. The van der Waals surface area contributed by atoms with E-state index in [9.17, 15) is 9.59 Å². The lowest BCUT2D eigenvalue weighted by Gasteiger charge is -2.18. The molecule has 0 spiro atoms. The minimum absolute atomic E-state index is 0.246. The third-order valence-electron chi connectivity index (χ3n) is 4.78. The molecule has 4 aromatic rings. The first kappa shape index (κ1) is 19.0. The zero-order valence-corrected chi connectivity index (χ0v) is 16.8. The average molecular weight is 404 g/mol. The highest BCUT2D eigenvalue weighted by atomic mass is 32.1. The van der Waals surface area contributed by atoms with Crippen molar-refractivity contribution >= 4 is 39.7 Å². The molecule has 0 saturated carbocycles. The molecular formula is C23H21N3O2S. The van der Waals surface area contributed by atoms with E-state index in [4.69, 9.17) is 0 Å². The van der Waals surface area contributed by atoms with Gasteiger partial charge in [-0.25, -0.2) is 0 Å². The van der Waals surface area contributed by atoms with Gasteiger partial charge in [-0.2, -0.15) is 0 Å². The monoisotopic (exact) mass is 403 g/mol. The molecule has 2 amide bonds. The number of hydrogen-bond acceptors (Lipinski definition) is 3. The second-order valence-electron chi connectivity index (χ2n) is 6.92. The summed E-state index contributed by atoms with van der Waals surface area (Å²) in [5, 5.41) is 8.71. The van der Waals surface area contributed by atoms with Gasteiger partial charge in [-0.3, -0.25) is 9.59 Å². The molecule has 6 heteroatoms. The van der Waals surface area contributed by atoms with Crippen molar-refractivity contribution in [2.24, 2.45) is 0 Å². The van der Waals surface area contributed by atoms with Crippen molar-refractivity contribution in [1.29, 1.82) is 0 Å². The van der Waals surface area contributed by atoms with Crippen LogP contribution in [0.25, 0.3) is 10.9 Å². The Morgan fingerprint density at radius 3 is 2.59 bits per heavy atom. The van der Waals surface area contributed by atoms with Gasteiger partial charge in [0.2, 0.25) is 5.91 Å². The second-order valence-corrected chi connectivity index (χ2v) is 7.87. The van der Waals surface area contributed by atoms with Crippen LogP contribution in [0.3, 0.4) is 0 Å². The summed E-state index contributed by atoms with van der Waals surface area (Å²) >= 11 is 1.35. The molecule has 0 aliphatic rings. The predicted molar refractivity (Wildman–Crippen MR) is 117 cm³/mol. The smallest absolute Gasteiger partial charge is 0.262 e. The number of H-pyrrole nitrogens is 1. The fraction of sp³-hybridized carbons (Fsp3) is 0.130. The Kier molecular flexibility index (Phi) is 5.44. The molecule has 1 unspecified atom stereocenters. The van der Waals surface area contributed by atoms with Crippen LogP contribution in [0, 0.1) is 6.92 Å². The maximum Gasteiger partial charge on any atom is 0.262 e. The zero-order chi connectivity index (χ0) is 20.2. The third kappa shape index (κ3) is 4.38. The number of thiophene rings is 1. The van der Waals surface area contributed by atoms with Gasteiger partial charge in [0.05, 0.1) is 4.88 Å². The number of rotatable bonds is 6. The maximum absolute atomic E-state index is 13.0. The lowest BCUT2D eigenvalue weighted by molar-refractivity contribution is -0.118. The molecule has 2 heterocycles. The number of aromatic nitrogens is 1. The van der Waals surface area contributed by atoms with Crippen LogP contribution in [0.1, 0.15) is 20.8 Å². The van der Waals surface area contributed by atoms with Crippen molar-refractivity contribution in [1.82, 2.24) is 10.3 Å². The Morgan fingerprint density at radius 2 is 1.83 bits per heavy atom. The number of nitrogens with one attached hydrogen (secondary N) is 3. The number of para-hydroxylation sites is 1. The predicted octanol–water partition coefficient (Wildman–Crippen LogP) is 4.52. The number of amides is 2. The Balaban J connectivity index is 1.58. The molecule has 146 valence electrons. The van der Waals surface area contributed by atoms with Gasteiger partial charge in [-0.05, 0) is 42.1 Å². The fourth-order valence-electron chi connectivity index (χ4n) is 3.23. The van der Waals surface area contributed by atoms with Crippen LogP contribution in [0.5, 0.6) is 0 Å². The van der Waals surface area contributed by atoms with Gasteiger partial charge in [0.15, 0.2) is 0 Å². The number of benzene rings is 2. The molecule has 0 aliphatic heterocycles. The van der Waals surface area contributed by atoms with E-state index >= 15 is 0 Å². The Morgan fingerprint density at radius 1 is 1.03 bits per heavy atom. The van der Waals surface area contributed by atoms with E-state index in [2.05, 4.69) is 15.6 Å². The van der Waals surface area contributed by atoms with Gasteiger partial charge in [0.1, 0.15) is 6.04 Å². The lowest BCUT2D eigenvalue weighted by atomic mass is 10.0. The summed E-state index contributed by atoms with van der Waals surface area (Å²) < 4.78 is 0. The fourth-order valence-corrected chi connectivity index (χ4v) is 3.86. The van der Waals surface area contributed by atoms with Gasteiger partial charge < -0.3 is 15.6 Å². The van der Waals surface area contributed by atoms with Gasteiger partial charge in [0.25, 0.3) is 5.91 Å². The molecule has 4 rings (SSSR count). The molecule has 0 bridgehead atoms. The van der Waals surface area contributed by atoms with Crippen molar-refractivity contribution in [2.75, 3.05) is 5.32 Å². The van der Waals surface area contributed by atoms with Crippen molar-refractivity contribution < 1.29 is 9.59 Å². The quantitative estimate of drug-likeness (QED) is 0.443. The highest BCUT2D eigenvalue weighted by molar-refractivity contribution is 7.12. The summed E-state index contributed by atoms with van der Waals surface area (Å²) in [5.41, 5.74) is 3.81. The normalized spacial score (nSPS) is 11.9. The Bertz CT molecular complexity index is 1130. The van der Waals surface area contributed by atoms with Gasteiger partial charge >= 0.3 is 0 Å². The van der Waals surface area contributed by atoms with Crippen LogP contribution in [0.2, 0.25) is 0 Å². The van der Waals surface area contributed by atoms with E-state index in [1.165, 1.54) is 11.3 Å². The van der Waals surface area contributed by atoms with Gasteiger partial charge in [0, 0.05) is 29.2 Å². The van der Waals surface area contributed by atoms with Gasteiger partial charge in [-0.1, -0.05) is 42.0 Å². The van der Waals surface area contributed by atoms with Crippen LogP contribution in [-0.4, -0.2) is 22.8 Å². The zero-order valence-electron chi connectivity index (χ0n) is 15.9. The highest BCUT2D eigenvalue weighted by Gasteiger charge is 2.23. The van der Waals surface area contributed by atoms with Crippen molar-refractivity contribution in [3.63, 3.8) is 0 Å². The molecule has 0 radical (unpaired) electrons. The van der Waals surface area contributed by atoms with Crippen LogP contribution in [0.15, 0.2) is 72.2 Å². The van der Waals surface area contributed by atoms with E-state index < -0.39 is 6.04 Å². The Labute approximate surface area is 172 Å². The lowest BCUT2D eigenvalue weighted by Crippen LogP contribution is -2.45. The van der Waals surface area contributed by atoms with E-state index in [0.717, 1.165) is 22.0 Å². The Hall–Kier alpha value is -3.38. The van der Waals surface area contributed by atoms with E-state index in [-0.39, 0.29) is 11.8 Å². The van der Waals surface area contributed by atoms with Gasteiger partial charge in [-0.15, -0.1) is 11.3 Å². The second kappa shape index (κ2) is 8.32. The van der Waals surface area contributed by atoms with E-state index in [1.807, 2.05) is 73.1 Å². The van der Waals surface area contributed by atoms with Crippen LogP contribution < -0.4 is 10.6 Å². The number of aromatic amines is 1. The third-order valence-corrected chi connectivity index (χ3v) is 5.65. The van der Waals surface area contributed by atoms with Crippen molar-refractivity contribution in [2.45, 2.75) is 19.4 Å². The SMILES string of the molecule is Cc1ccc(NC(=O)C(Cc2c[nH]c3ccccc23)NC(=O)c2cccs2)cc1. The van der Waals surface area contributed by atoms with Crippen LogP contribution in [0.4, 0.5) is 5.69 Å². The molecule has 1 atom stereocenters. The van der Waals surface area contributed by atoms with Crippen molar-refractivity contribution in [3.8, 4) is 0 Å². The topological polar surface area (TPSA) is 74.0 Å². The number of carbonyl (C=O) groups excluding carboxylic acids is 2. The van der Waals surface area contributed by atoms with Crippen LogP contribution in [-0.2, 0) is 11.2 Å². The number of anilines is 1. The van der Waals surface area contributed by atoms with Crippen molar-refractivity contribution in [3.05, 3.63) is 88.2 Å². The van der Waals surface area contributed by atoms with E-state index in [0.29, 0.717) is 17.0 Å². The molecule has 2 aromatic carbocycles. The largest absolute Gasteiger partial charge is 0.361 e. The summed E-state index contributed by atoms with van der Waals surface area (Å²) in [7, 11) is 0. The molecule has 0 fully saturated rings. The minimum Gasteiger partial charge on any atom is -0.361 e. The minimum atomic E-state index is -0.704. The van der Waals surface area contributed by atoms with E-state index in [1.54, 1.807) is 6.07 Å². The first-order chi connectivity index (χ1) is 14.1. The summed E-state index contributed by atoms with van der Waals surface area (Å²) in [6, 6.07) is 18.4. The number of carbonyl (C=O) groups is 2. The summed E-state index contributed by atoms with van der Waals surface area (Å²) in [5.74, 6) is -0.493. The standard InChI is InChI=1S/C23H21N3O2S/c1-15-8-10-17(11-9-15)25-22(27)20(26-23(28)21-7-4-12-29-21)13-16-14-24-19-6-3-2-5-18(16)19/h2-12,14,20,24H,13H2,1H3,(H,25,27)(H,26,28). The molecule has 29 heavy (non-hydrogen) atoms. The summed E-state index contributed by atoms with van der Waals surface area (Å²) in [6.07, 6.45) is 2.28. The molecule has 5 nitrogen and oxygen atoms in total. The molecule has 0 saturated heterocycles. The molecule has 2 aromatic heterocycles. The maximum atomic E-state index is 13.0. The van der Waals surface area contributed by atoms with Crippen LogP contribution >= 0.6 is 11.3 Å². The molecule has 0 aliphatic carbocycles. The highest BCUT2D eigenvalue weighted by Crippen LogP contribution is 2.20. The summed E-state index contributed by atoms with van der Waals surface area (Å²) in [6.45, 7) is 1.99. The first-order valence-corrected chi connectivity index (χ1v) is 10.2. The summed E-state index contributed by atoms with van der Waals surface area (Å²) in [4.78, 5) is 29.5. The average Bonchev–Trinajstić information content (AvgIpc) is 3.40. The number of hydrogen-bond donors (Lipinski definition) is 3. The first-order valence-electron chi connectivity index (χ1n) is 9.37.